The van der Waals surface area contributed by atoms with Crippen molar-refractivity contribution in [2.75, 3.05) is 26.3 Å². The summed E-state index contributed by atoms with van der Waals surface area (Å²) in [6.07, 6.45) is 1.74. The number of thiazole rings is 1. The van der Waals surface area contributed by atoms with Gasteiger partial charge in [-0.05, 0) is 30.2 Å². The molecule has 0 fully saturated rings. The second kappa shape index (κ2) is 9.93. The third-order valence-electron chi connectivity index (χ3n) is 4.04. The molecule has 3 aromatic rings. The standard InChI is InChI=1S/C22H25N3O3S/c1-15(2)13-28-20-8-6-5-7-16(20)12-23-25-22-24-19(14-29-22)18-10-9-17(26-3)11-21(18)27-4/h5-12,14-15H,13H2,1-4H3,(H,24,25)/b23-12-. The molecule has 0 atom stereocenters. The van der Waals surface area contributed by atoms with Crippen LogP contribution in [0.5, 0.6) is 17.2 Å². The van der Waals surface area contributed by atoms with E-state index in [0.29, 0.717) is 23.4 Å². The number of rotatable bonds is 9. The van der Waals surface area contributed by atoms with E-state index < -0.39 is 0 Å². The summed E-state index contributed by atoms with van der Waals surface area (Å²) < 4.78 is 16.6. The fourth-order valence-corrected chi connectivity index (χ4v) is 3.25. The van der Waals surface area contributed by atoms with Crippen LogP contribution in [0.3, 0.4) is 0 Å². The van der Waals surface area contributed by atoms with Gasteiger partial charge in [0.1, 0.15) is 17.2 Å². The van der Waals surface area contributed by atoms with Crippen LogP contribution in [0.1, 0.15) is 19.4 Å². The van der Waals surface area contributed by atoms with Gasteiger partial charge in [-0.3, -0.25) is 5.43 Å². The first-order chi connectivity index (χ1) is 14.1. The minimum absolute atomic E-state index is 0.460. The Balaban J connectivity index is 1.70. The first-order valence-electron chi connectivity index (χ1n) is 9.29. The molecule has 3 rings (SSSR count). The van der Waals surface area contributed by atoms with Gasteiger partial charge in [-0.2, -0.15) is 5.10 Å². The maximum Gasteiger partial charge on any atom is 0.203 e. The van der Waals surface area contributed by atoms with Gasteiger partial charge in [0, 0.05) is 22.6 Å². The zero-order valence-electron chi connectivity index (χ0n) is 17.0. The first kappa shape index (κ1) is 20.7. The number of methoxy groups -OCH3 is 2. The Hall–Kier alpha value is -3.06. The summed E-state index contributed by atoms with van der Waals surface area (Å²) in [6.45, 7) is 4.91. The van der Waals surface area contributed by atoms with Crippen molar-refractivity contribution in [2.45, 2.75) is 13.8 Å². The molecule has 0 aliphatic heterocycles. The third-order valence-corrected chi connectivity index (χ3v) is 4.79. The molecular weight excluding hydrogens is 386 g/mol. The number of anilines is 1. The molecule has 0 radical (unpaired) electrons. The van der Waals surface area contributed by atoms with E-state index >= 15 is 0 Å². The number of hydrazone groups is 1. The number of nitrogens with zero attached hydrogens (tertiary/aromatic N) is 2. The number of hydrogen-bond acceptors (Lipinski definition) is 7. The molecule has 1 heterocycles. The molecule has 0 saturated heterocycles. The molecule has 6 nitrogen and oxygen atoms in total. The Kier molecular flexibility index (Phi) is 7.08. The van der Waals surface area contributed by atoms with E-state index in [-0.39, 0.29) is 0 Å². The van der Waals surface area contributed by atoms with Crippen LogP contribution in [-0.2, 0) is 0 Å². The Morgan fingerprint density at radius 1 is 1.10 bits per heavy atom. The van der Waals surface area contributed by atoms with Crippen molar-refractivity contribution in [1.82, 2.24) is 4.98 Å². The average Bonchev–Trinajstić information content (AvgIpc) is 3.21. The highest BCUT2D eigenvalue weighted by molar-refractivity contribution is 7.14. The van der Waals surface area contributed by atoms with Crippen LogP contribution < -0.4 is 19.6 Å². The second-order valence-corrected chi connectivity index (χ2v) is 7.57. The fraction of sp³-hybridized carbons (Fsp3) is 0.273. The minimum atomic E-state index is 0.460. The van der Waals surface area contributed by atoms with Gasteiger partial charge < -0.3 is 14.2 Å². The number of nitrogens with one attached hydrogen (secondary N) is 1. The van der Waals surface area contributed by atoms with E-state index in [1.165, 1.54) is 11.3 Å². The van der Waals surface area contributed by atoms with Crippen molar-refractivity contribution in [3.05, 3.63) is 53.4 Å². The first-order valence-corrected chi connectivity index (χ1v) is 10.2. The Labute approximate surface area is 175 Å². The van der Waals surface area contributed by atoms with Crippen LogP contribution in [0.15, 0.2) is 52.9 Å². The summed E-state index contributed by atoms with van der Waals surface area (Å²) in [5, 5.41) is 6.97. The van der Waals surface area contributed by atoms with Gasteiger partial charge in [-0.25, -0.2) is 4.98 Å². The maximum absolute atomic E-state index is 5.85. The fourth-order valence-electron chi connectivity index (χ4n) is 2.59. The van der Waals surface area contributed by atoms with Gasteiger partial charge in [0.05, 0.1) is 32.7 Å². The Morgan fingerprint density at radius 3 is 2.69 bits per heavy atom. The summed E-state index contributed by atoms with van der Waals surface area (Å²) >= 11 is 1.47. The smallest absolute Gasteiger partial charge is 0.203 e. The topological polar surface area (TPSA) is 65.0 Å². The highest BCUT2D eigenvalue weighted by Crippen LogP contribution is 2.34. The van der Waals surface area contributed by atoms with Crippen LogP contribution in [0.25, 0.3) is 11.3 Å². The molecular formula is C22H25N3O3S. The molecule has 152 valence electrons. The van der Waals surface area contributed by atoms with E-state index in [9.17, 15) is 0 Å². The summed E-state index contributed by atoms with van der Waals surface area (Å²) in [5.74, 6) is 2.72. The molecule has 1 N–H and O–H groups in total. The van der Waals surface area contributed by atoms with E-state index in [1.807, 2.05) is 47.8 Å². The van der Waals surface area contributed by atoms with Gasteiger partial charge in [0.2, 0.25) is 5.13 Å². The number of hydrogen-bond donors (Lipinski definition) is 1. The predicted octanol–water partition coefficient (Wildman–Crippen LogP) is 5.31. The summed E-state index contributed by atoms with van der Waals surface area (Å²) in [6, 6.07) is 13.5. The summed E-state index contributed by atoms with van der Waals surface area (Å²) in [5.41, 5.74) is 5.61. The van der Waals surface area contributed by atoms with Gasteiger partial charge in [0.15, 0.2) is 0 Å². The van der Waals surface area contributed by atoms with Crippen molar-refractivity contribution in [1.29, 1.82) is 0 Å². The monoisotopic (exact) mass is 411 g/mol. The molecule has 0 amide bonds. The lowest BCUT2D eigenvalue weighted by Crippen LogP contribution is -2.06. The van der Waals surface area contributed by atoms with E-state index in [4.69, 9.17) is 14.2 Å². The molecule has 1 aromatic heterocycles. The largest absolute Gasteiger partial charge is 0.497 e. The number of aromatic nitrogens is 1. The van der Waals surface area contributed by atoms with Crippen molar-refractivity contribution in [3.63, 3.8) is 0 Å². The van der Waals surface area contributed by atoms with Crippen LogP contribution in [-0.4, -0.2) is 32.0 Å². The van der Waals surface area contributed by atoms with Gasteiger partial charge in [0.25, 0.3) is 0 Å². The number of ether oxygens (including phenoxy) is 3. The Morgan fingerprint density at radius 2 is 1.93 bits per heavy atom. The molecule has 0 aliphatic carbocycles. The molecule has 29 heavy (non-hydrogen) atoms. The lowest BCUT2D eigenvalue weighted by molar-refractivity contribution is 0.271. The third kappa shape index (κ3) is 5.48. The lowest BCUT2D eigenvalue weighted by Gasteiger charge is -2.10. The van der Waals surface area contributed by atoms with Crippen LogP contribution in [0.4, 0.5) is 5.13 Å². The van der Waals surface area contributed by atoms with E-state index in [1.54, 1.807) is 20.4 Å². The number of para-hydroxylation sites is 1. The average molecular weight is 412 g/mol. The van der Waals surface area contributed by atoms with Crippen LogP contribution in [0.2, 0.25) is 0 Å². The molecule has 2 aromatic carbocycles. The Bertz CT molecular complexity index is 969. The minimum Gasteiger partial charge on any atom is -0.497 e. The molecule has 0 bridgehead atoms. The zero-order valence-corrected chi connectivity index (χ0v) is 17.8. The highest BCUT2D eigenvalue weighted by atomic mass is 32.1. The number of benzene rings is 2. The lowest BCUT2D eigenvalue weighted by atomic mass is 10.1. The molecule has 7 heteroatoms. The van der Waals surface area contributed by atoms with Crippen molar-refractivity contribution < 1.29 is 14.2 Å². The van der Waals surface area contributed by atoms with Crippen molar-refractivity contribution in [2.24, 2.45) is 11.0 Å². The van der Waals surface area contributed by atoms with Gasteiger partial charge >= 0.3 is 0 Å². The van der Waals surface area contributed by atoms with Gasteiger partial charge in [-0.1, -0.05) is 26.0 Å². The summed E-state index contributed by atoms with van der Waals surface area (Å²) in [4.78, 5) is 4.60. The predicted molar refractivity (Wildman–Crippen MR) is 119 cm³/mol. The highest BCUT2D eigenvalue weighted by Gasteiger charge is 2.11. The van der Waals surface area contributed by atoms with Crippen LogP contribution >= 0.6 is 11.3 Å². The normalized spacial score (nSPS) is 11.1. The summed E-state index contributed by atoms with van der Waals surface area (Å²) in [7, 11) is 3.26. The molecule has 0 unspecified atom stereocenters. The van der Waals surface area contributed by atoms with Gasteiger partial charge in [-0.15, -0.1) is 11.3 Å². The van der Waals surface area contributed by atoms with Crippen molar-refractivity contribution >= 4 is 22.7 Å². The van der Waals surface area contributed by atoms with E-state index in [0.717, 1.165) is 28.3 Å². The quantitative estimate of drug-likeness (QED) is 0.382. The molecule has 0 saturated carbocycles. The second-order valence-electron chi connectivity index (χ2n) is 6.72. The van der Waals surface area contributed by atoms with Crippen LogP contribution in [0, 0.1) is 5.92 Å². The molecule has 0 spiro atoms. The van der Waals surface area contributed by atoms with E-state index in [2.05, 4.69) is 29.4 Å². The maximum atomic E-state index is 5.85. The van der Waals surface area contributed by atoms with Crippen molar-refractivity contribution in [3.8, 4) is 28.5 Å². The zero-order chi connectivity index (χ0) is 20.6. The SMILES string of the molecule is COc1ccc(-c2csc(N/N=C\c3ccccc3OCC(C)C)n2)c(OC)c1. The molecule has 0 aliphatic rings.